The minimum atomic E-state index is -1.02. The molecule has 0 aromatic heterocycles. The molecular weight excluding hydrogens is 228 g/mol. The molecule has 0 aliphatic carbocycles. The molecule has 2 amide bonds. The molecule has 0 rings (SSSR count). The van der Waals surface area contributed by atoms with Gasteiger partial charge in [0.25, 0.3) is 0 Å². The second-order valence-electron chi connectivity index (χ2n) is 3.06. The smallest absolute Gasteiger partial charge is 0.326 e. The summed E-state index contributed by atoms with van der Waals surface area (Å²) >= 11 is 1.65. The predicted octanol–water partition coefficient (Wildman–Crippen LogP) is 1.07. The standard InChI is InChI=1S/C10H18N2O3S/c1-3-6-16-7-5-11-10(15)12-8(4-2)9(13)14/h3,8H,1,4-7H2,2H3,(H,13,14)(H2,11,12,15). The zero-order chi connectivity index (χ0) is 12.4. The van der Waals surface area contributed by atoms with E-state index >= 15 is 0 Å². The molecule has 6 heteroatoms. The Hall–Kier alpha value is -1.17. The van der Waals surface area contributed by atoms with Crippen molar-refractivity contribution >= 4 is 23.8 Å². The van der Waals surface area contributed by atoms with Gasteiger partial charge in [-0.25, -0.2) is 9.59 Å². The summed E-state index contributed by atoms with van der Waals surface area (Å²) in [7, 11) is 0. The molecule has 0 heterocycles. The summed E-state index contributed by atoms with van der Waals surface area (Å²) in [5.74, 6) is 0.609. The van der Waals surface area contributed by atoms with Crippen molar-refractivity contribution in [2.75, 3.05) is 18.1 Å². The number of amides is 2. The number of carbonyl (C=O) groups is 2. The van der Waals surface area contributed by atoms with Gasteiger partial charge in [-0.1, -0.05) is 13.0 Å². The average molecular weight is 246 g/mol. The molecule has 0 bridgehead atoms. The molecule has 0 aliphatic heterocycles. The summed E-state index contributed by atoms with van der Waals surface area (Å²) in [6.45, 7) is 5.80. The SMILES string of the molecule is C=CCSCCNC(=O)NC(CC)C(=O)O. The quantitative estimate of drug-likeness (QED) is 0.442. The van der Waals surface area contributed by atoms with E-state index in [1.54, 1.807) is 24.8 Å². The van der Waals surface area contributed by atoms with Crippen LogP contribution in [-0.4, -0.2) is 41.2 Å². The van der Waals surface area contributed by atoms with Crippen molar-refractivity contribution < 1.29 is 14.7 Å². The van der Waals surface area contributed by atoms with E-state index in [0.29, 0.717) is 13.0 Å². The molecule has 0 saturated heterocycles. The first-order chi connectivity index (χ1) is 7.61. The minimum absolute atomic E-state index is 0.369. The van der Waals surface area contributed by atoms with Gasteiger partial charge < -0.3 is 15.7 Å². The topological polar surface area (TPSA) is 78.4 Å². The molecule has 1 unspecified atom stereocenters. The Morgan fingerprint density at radius 1 is 1.56 bits per heavy atom. The minimum Gasteiger partial charge on any atom is -0.480 e. The zero-order valence-electron chi connectivity index (χ0n) is 9.36. The third-order valence-electron chi connectivity index (χ3n) is 1.78. The van der Waals surface area contributed by atoms with E-state index in [0.717, 1.165) is 11.5 Å². The van der Waals surface area contributed by atoms with E-state index in [9.17, 15) is 9.59 Å². The summed E-state index contributed by atoms with van der Waals surface area (Å²) in [5, 5.41) is 13.7. The Bertz CT molecular complexity index is 246. The molecule has 16 heavy (non-hydrogen) atoms. The van der Waals surface area contributed by atoms with Crippen LogP contribution in [0.1, 0.15) is 13.3 Å². The van der Waals surface area contributed by atoms with Crippen LogP contribution in [0, 0.1) is 0 Å². The van der Waals surface area contributed by atoms with Crippen LogP contribution in [0.4, 0.5) is 4.79 Å². The molecule has 0 aromatic rings. The normalized spacial score (nSPS) is 11.6. The maximum Gasteiger partial charge on any atom is 0.326 e. The maximum atomic E-state index is 11.2. The number of carbonyl (C=O) groups excluding carboxylic acids is 1. The van der Waals surface area contributed by atoms with Gasteiger partial charge in [0, 0.05) is 18.1 Å². The fraction of sp³-hybridized carbons (Fsp3) is 0.600. The van der Waals surface area contributed by atoms with Gasteiger partial charge in [-0.15, -0.1) is 6.58 Å². The Balaban J connectivity index is 3.64. The van der Waals surface area contributed by atoms with Crippen molar-refractivity contribution in [1.29, 1.82) is 0 Å². The molecule has 3 N–H and O–H groups in total. The molecule has 5 nitrogen and oxygen atoms in total. The van der Waals surface area contributed by atoms with E-state index in [4.69, 9.17) is 5.11 Å². The first kappa shape index (κ1) is 14.8. The second-order valence-corrected chi connectivity index (χ2v) is 4.21. The third kappa shape index (κ3) is 7.17. The van der Waals surface area contributed by atoms with Crippen LogP contribution in [0.2, 0.25) is 0 Å². The lowest BCUT2D eigenvalue weighted by Crippen LogP contribution is -2.46. The van der Waals surface area contributed by atoms with E-state index in [2.05, 4.69) is 17.2 Å². The van der Waals surface area contributed by atoms with Crippen molar-refractivity contribution in [2.24, 2.45) is 0 Å². The van der Waals surface area contributed by atoms with Crippen molar-refractivity contribution in [1.82, 2.24) is 10.6 Å². The van der Waals surface area contributed by atoms with Crippen LogP contribution < -0.4 is 10.6 Å². The van der Waals surface area contributed by atoms with E-state index < -0.39 is 18.0 Å². The van der Waals surface area contributed by atoms with Gasteiger partial charge >= 0.3 is 12.0 Å². The highest BCUT2D eigenvalue weighted by molar-refractivity contribution is 7.99. The van der Waals surface area contributed by atoms with Gasteiger partial charge in [-0.3, -0.25) is 0 Å². The monoisotopic (exact) mass is 246 g/mol. The molecule has 0 radical (unpaired) electrons. The molecule has 0 fully saturated rings. The average Bonchev–Trinajstić information content (AvgIpc) is 2.25. The number of carboxylic acid groups (broad SMARTS) is 1. The maximum absolute atomic E-state index is 11.2. The van der Waals surface area contributed by atoms with E-state index in [1.165, 1.54) is 0 Å². The highest BCUT2D eigenvalue weighted by Gasteiger charge is 2.16. The van der Waals surface area contributed by atoms with Crippen molar-refractivity contribution in [3.05, 3.63) is 12.7 Å². The molecule has 0 aromatic carbocycles. The molecule has 0 aliphatic rings. The number of hydrogen-bond acceptors (Lipinski definition) is 3. The predicted molar refractivity (Wildman–Crippen MR) is 65.8 cm³/mol. The van der Waals surface area contributed by atoms with Crippen LogP contribution >= 0.6 is 11.8 Å². The van der Waals surface area contributed by atoms with Gasteiger partial charge in [0.15, 0.2) is 0 Å². The van der Waals surface area contributed by atoms with Crippen molar-refractivity contribution in [3.8, 4) is 0 Å². The van der Waals surface area contributed by atoms with Crippen LogP contribution in [0.15, 0.2) is 12.7 Å². The largest absolute Gasteiger partial charge is 0.480 e. The summed E-state index contributed by atoms with van der Waals surface area (Å²) < 4.78 is 0. The first-order valence-electron chi connectivity index (χ1n) is 5.07. The number of thioether (sulfide) groups is 1. The van der Waals surface area contributed by atoms with E-state index in [1.807, 2.05) is 0 Å². The fourth-order valence-electron chi connectivity index (χ4n) is 0.951. The van der Waals surface area contributed by atoms with E-state index in [-0.39, 0.29) is 0 Å². The Morgan fingerprint density at radius 2 is 2.25 bits per heavy atom. The van der Waals surface area contributed by atoms with Gasteiger partial charge in [-0.05, 0) is 6.42 Å². The number of urea groups is 1. The lowest BCUT2D eigenvalue weighted by Gasteiger charge is -2.12. The number of nitrogens with one attached hydrogen (secondary N) is 2. The van der Waals surface area contributed by atoms with Gasteiger partial charge in [0.1, 0.15) is 6.04 Å². The summed E-state index contributed by atoms with van der Waals surface area (Å²) in [4.78, 5) is 21.9. The molecule has 0 saturated carbocycles. The number of hydrogen-bond donors (Lipinski definition) is 3. The highest BCUT2D eigenvalue weighted by Crippen LogP contribution is 1.97. The lowest BCUT2D eigenvalue weighted by molar-refractivity contribution is -0.139. The number of carboxylic acids is 1. The van der Waals surface area contributed by atoms with Crippen LogP contribution in [0.25, 0.3) is 0 Å². The zero-order valence-corrected chi connectivity index (χ0v) is 10.2. The Labute approximate surface area is 99.7 Å². The summed E-state index contributed by atoms with van der Waals surface area (Å²) in [5.41, 5.74) is 0. The second kappa shape index (κ2) is 9.08. The van der Waals surface area contributed by atoms with Crippen molar-refractivity contribution in [2.45, 2.75) is 19.4 Å². The molecule has 1 atom stereocenters. The van der Waals surface area contributed by atoms with Gasteiger partial charge in [0.05, 0.1) is 0 Å². The fourth-order valence-corrected chi connectivity index (χ4v) is 1.53. The number of rotatable bonds is 8. The molecular formula is C10H18N2O3S. The Kier molecular flexibility index (Phi) is 8.42. The van der Waals surface area contributed by atoms with Crippen LogP contribution in [0.3, 0.4) is 0 Å². The van der Waals surface area contributed by atoms with Gasteiger partial charge in [0.2, 0.25) is 0 Å². The molecule has 0 spiro atoms. The van der Waals surface area contributed by atoms with Gasteiger partial charge in [-0.2, -0.15) is 11.8 Å². The third-order valence-corrected chi connectivity index (χ3v) is 2.74. The highest BCUT2D eigenvalue weighted by atomic mass is 32.2. The Morgan fingerprint density at radius 3 is 2.75 bits per heavy atom. The van der Waals surface area contributed by atoms with Crippen LogP contribution in [-0.2, 0) is 4.79 Å². The number of aliphatic carboxylic acids is 1. The summed E-state index contributed by atoms with van der Waals surface area (Å²) in [6, 6.07) is -1.26. The van der Waals surface area contributed by atoms with Crippen molar-refractivity contribution in [3.63, 3.8) is 0 Å². The summed E-state index contributed by atoms with van der Waals surface area (Å²) in [6.07, 6.45) is 2.16. The first-order valence-corrected chi connectivity index (χ1v) is 6.23. The lowest BCUT2D eigenvalue weighted by atomic mass is 10.2. The molecule has 92 valence electrons. The van der Waals surface area contributed by atoms with Crippen LogP contribution in [0.5, 0.6) is 0 Å².